The van der Waals surface area contributed by atoms with Crippen molar-refractivity contribution in [1.29, 1.82) is 0 Å². The Balaban J connectivity index is 2.11. The zero-order chi connectivity index (χ0) is 18.9. The molecular weight excluding hydrogens is 266 g/mol. The number of hydrogen-bond donors (Lipinski definition) is 0. The van der Waals surface area contributed by atoms with E-state index in [2.05, 4.69) is 4.98 Å². The van der Waals surface area contributed by atoms with Gasteiger partial charge in [0.25, 0.3) is 0 Å². The van der Waals surface area contributed by atoms with E-state index in [1.54, 1.807) is 32.2 Å². The Kier molecular flexibility index (Phi) is 2.89. The highest BCUT2D eigenvalue weighted by Gasteiger charge is 2.07. The third kappa shape index (κ3) is 2.94. The van der Waals surface area contributed by atoms with E-state index < -0.39 is 12.7 Å². The molecule has 0 atom stereocenters. The molecule has 0 unspecified atom stereocenters. The van der Waals surface area contributed by atoms with E-state index in [0.717, 1.165) is 22.4 Å². The molecule has 3 rings (SSSR count). The van der Waals surface area contributed by atoms with Gasteiger partial charge in [-0.15, -0.1) is 0 Å². The summed E-state index contributed by atoms with van der Waals surface area (Å²) in [6, 6.07) is 19.0. The molecule has 0 saturated carbocycles. The third-order valence-electron chi connectivity index (χ3n) is 3.72. The topological polar surface area (TPSA) is 12.9 Å². The van der Waals surface area contributed by atoms with E-state index >= 15 is 0 Å². The normalized spacial score (nSPS) is 14.6. The van der Waals surface area contributed by atoms with Crippen LogP contribution in [0.1, 0.15) is 36.4 Å². The summed E-state index contributed by atoms with van der Waals surface area (Å²) in [4.78, 5) is 4.42. The van der Waals surface area contributed by atoms with Crippen LogP contribution in [-0.4, -0.2) is 4.98 Å². The minimum absolute atomic E-state index is 0.230. The molecule has 1 heteroatoms. The van der Waals surface area contributed by atoms with Crippen LogP contribution in [0.25, 0.3) is 22.4 Å². The van der Waals surface area contributed by atoms with Crippen molar-refractivity contribution >= 4 is 0 Å². The maximum absolute atomic E-state index is 8.26. The molecule has 1 heterocycles. The molecule has 0 radical (unpaired) electrons. The van der Waals surface area contributed by atoms with Gasteiger partial charge in [-0.05, 0) is 47.1 Å². The first-order chi connectivity index (χ1) is 12.2. The molecule has 0 aliphatic rings. The molecule has 0 aliphatic carbocycles. The van der Waals surface area contributed by atoms with E-state index in [4.69, 9.17) is 5.48 Å². The van der Waals surface area contributed by atoms with Crippen LogP contribution in [0.3, 0.4) is 0 Å². The van der Waals surface area contributed by atoms with Gasteiger partial charge in [-0.2, -0.15) is 0 Å². The molecule has 1 nitrogen and oxygen atoms in total. The monoisotopic (exact) mass is 291 g/mol. The summed E-state index contributed by atoms with van der Waals surface area (Å²) in [5.74, 6) is -0.976. The van der Waals surface area contributed by atoms with Crippen molar-refractivity contribution in [3.63, 3.8) is 0 Å². The Morgan fingerprint density at radius 2 is 1.68 bits per heavy atom. The number of aryl methyl sites for hydroxylation is 1. The van der Waals surface area contributed by atoms with Gasteiger partial charge < -0.3 is 0 Å². The number of hydrogen-bond acceptors (Lipinski definition) is 1. The van der Waals surface area contributed by atoms with Crippen molar-refractivity contribution in [3.8, 4) is 22.4 Å². The first kappa shape index (κ1) is 10.3. The number of pyridine rings is 1. The van der Waals surface area contributed by atoms with Crippen molar-refractivity contribution in [3.05, 3.63) is 78.0 Å². The summed E-state index contributed by atoms with van der Waals surface area (Å²) in [7, 11) is 0. The van der Waals surface area contributed by atoms with Gasteiger partial charge in [-0.3, -0.25) is 4.98 Å². The second-order valence-corrected chi connectivity index (χ2v) is 5.56. The SMILES string of the molecule is [2H]C([2H])([2H])c1cc(-c2ccnc(-c3ccccc3)c2)ccc1C([2H])(C)C. The van der Waals surface area contributed by atoms with Crippen molar-refractivity contribution in [2.45, 2.75) is 26.6 Å². The van der Waals surface area contributed by atoms with Crippen molar-refractivity contribution in [2.24, 2.45) is 0 Å². The molecule has 3 aromatic rings. The molecule has 0 amide bonds. The highest BCUT2D eigenvalue weighted by molar-refractivity contribution is 5.71. The van der Waals surface area contributed by atoms with Crippen LogP contribution in [0.4, 0.5) is 0 Å². The van der Waals surface area contributed by atoms with E-state index in [0.29, 0.717) is 5.56 Å². The van der Waals surface area contributed by atoms with Gasteiger partial charge >= 0.3 is 0 Å². The molecule has 110 valence electrons. The van der Waals surface area contributed by atoms with Crippen molar-refractivity contribution in [2.75, 3.05) is 0 Å². The van der Waals surface area contributed by atoms with Crippen molar-refractivity contribution in [1.82, 2.24) is 4.98 Å². The van der Waals surface area contributed by atoms with Crippen LogP contribution in [0.2, 0.25) is 0 Å². The molecule has 0 saturated heterocycles. The molecule has 2 aromatic carbocycles. The van der Waals surface area contributed by atoms with E-state index in [1.165, 1.54) is 0 Å². The van der Waals surface area contributed by atoms with Crippen LogP contribution >= 0.6 is 0 Å². The quantitative estimate of drug-likeness (QED) is 0.590. The summed E-state index contributed by atoms with van der Waals surface area (Å²) in [6.07, 6.45) is 1.73. The van der Waals surface area contributed by atoms with E-state index in [-0.39, 0.29) is 5.56 Å². The molecule has 1 aromatic heterocycles. The van der Waals surface area contributed by atoms with Crippen molar-refractivity contribution < 1.29 is 5.48 Å². The Labute approximate surface area is 138 Å². The summed E-state index contributed by atoms with van der Waals surface area (Å²) in [5.41, 5.74) is 4.31. The van der Waals surface area contributed by atoms with Gasteiger partial charge in [-0.25, -0.2) is 0 Å². The molecule has 0 fully saturated rings. The van der Waals surface area contributed by atoms with Crippen LogP contribution in [0.15, 0.2) is 66.9 Å². The third-order valence-corrected chi connectivity index (χ3v) is 3.72. The maximum Gasteiger partial charge on any atom is 0.0708 e. The second kappa shape index (κ2) is 6.15. The smallest absolute Gasteiger partial charge is 0.0708 e. The first-order valence-corrected chi connectivity index (χ1v) is 7.33. The lowest BCUT2D eigenvalue weighted by atomic mass is 9.94. The zero-order valence-corrected chi connectivity index (χ0v) is 12.8. The van der Waals surface area contributed by atoms with Gasteiger partial charge in [0.2, 0.25) is 0 Å². The van der Waals surface area contributed by atoms with Crippen LogP contribution in [-0.2, 0) is 0 Å². The highest BCUT2D eigenvalue weighted by atomic mass is 14.7. The van der Waals surface area contributed by atoms with Gasteiger partial charge in [-0.1, -0.05) is 62.4 Å². The largest absolute Gasteiger partial charge is 0.256 e. The van der Waals surface area contributed by atoms with Gasteiger partial charge in [0.1, 0.15) is 0 Å². The number of rotatable bonds is 3. The first-order valence-electron chi connectivity index (χ1n) is 9.33. The summed E-state index contributed by atoms with van der Waals surface area (Å²) < 4.78 is 31.9. The Hall–Kier alpha value is -2.41. The number of benzene rings is 2. The fourth-order valence-electron chi connectivity index (χ4n) is 2.54. The molecule has 0 N–H and O–H groups in total. The van der Waals surface area contributed by atoms with Crippen LogP contribution in [0.5, 0.6) is 0 Å². The van der Waals surface area contributed by atoms with Gasteiger partial charge in [0.15, 0.2) is 0 Å². The summed E-state index contributed by atoms with van der Waals surface area (Å²) >= 11 is 0. The fraction of sp³-hybridized carbons (Fsp3) is 0.190. The molecule has 0 aliphatic heterocycles. The molecule has 0 bridgehead atoms. The molecule has 22 heavy (non-hydrogen) atoms. The van der Waals surface area contributed by atoms with E-state index in [9.17, 15) is 0 Å². The fourth-order valence-corrected chi connectivity index (χ4v) is 2.54. The van der Waals surface area contributed by atoms with Crippen LogP contribution in [0, 0.1) is 6.85 Å². The zero-order valence-electron chi connectivity index (χ0n) is 16.8. The predicted molar refractivity (Wildman–Crippen MR) is 93.9 cm³/mol. The Morgan fingerprint density at radius 1 is 0.909 bits per heavy atom. The van der Waals surface area contributed by atoms with Gasteiger partial charge in [0.05, 0.1) is 5.69 Å². The maximum atomic E-state index is 8.26. The average molecular weight is 291 g/mol. The summed E-state index contributed by atoms with van der Waals surface area (Å²) in [6.45, 7) is 1.15. The second-order valence-electron chi connectivity index (χ2n) is 5.56. The van der Waals surface area contributed by atoms with E-state index in [1.807, 2.05) is 48.5 Å². The Morgan fingerprint density at radius 3 is 2.41 bits per heavy atom. The lowest BCUT2D eigenvalue weighted by molar-refractivity contribution is 0.857. The lowest BCUT2D eigenvalue weighted by Crippen LogP contribution is -1.92. The lowest BCUT2D eigenvalue weighted by Gasteiger charge is -2.12. The number of nitrogens with zero attached hydrogens (tertiary/aromatic N) is 1. The predicted octanol–water partition coefficient (Wildman–Crippen LogP) is 5.85. The minimum atomic E-state index is -2.26. The number of aromatic nitrogens is 1. The standard InChI is InChI=1S/C21H21N/c1-15(2)20-10-9-18(13-16(20)3)19-11-12-22-21(14-19)17-7-5-4-6-8-17/h4-15H,1-3H3/i3D3,15D. The average Bonchev–Trinajstić information content (AvgIpc) is 2.60. The summed E-state index contributed by atoms with van der Waals surface area (Å²) in [5, 5.41) is 0. The molecular formula is C21H21N. The minimum Gasteiger partial charge on any atom is -0.256 e. The Bertz CT molecular complexity index is 909. The van der Waals surface area contributed by atoms with Crippen LogP contribution < -0.4 is 0 Å². The van der Waals surface area contributed by atoms with Gasteiger partial charge in [0, 0.05) is 17.2 Å². The molecule has 0 spiro atoms. The highest BCUT2D eigenvalue weighted by Crippen LogP contribution is 2.28.